The van der Waals surface area contributed by atoms with E-state index in [0.717, 1.165) is 39.1 Å². The van der Waals surface area contributed by atoms with Crippen LogP contribution in [0.5, 0.6) is 0 Å². The number of nitrogens with one attached hydrogen (secondary N) is 3. The zero-order chi connectivity index (χ0) is 17.5. The van der Waals surface area contributed by atoms with Crippen molar-refractivity contribution in [2.24, 2.45) is 0 Å². The highest BCUT2D eigenvalue weighted by Gasteiger charge is 2.23. The third kappa shape index (κ3) is 5.42. The number of hydrogen-bond donors (Lipinski definition) is 3. The molecule has 1 amide bonds. The predicted molar refractivity (Wildman–Crippen MR) is 97.8 cm³/mol. The van der Waals surface area contributed by atoms with Gasteiger partial charge in [0, 0.05) is 12.2 Å². The summed E-state index contributed by atoms with van der Waals surface area (Å²) in [6.07, 6.45) is 0.953. The van der Waals surface area contributed by atoms with Crippen molar-refractivity contribution in [3.8, 4) is 0 Å². The largest absolute Gasteiger partial charge is 0.351 e. The first-order valence-electron chi connectivity index (χ1n) is 8.42. The Morgan fingerprint density at radius 1 is 1.38 bits per heavy atom. The summed E-state index contributed by atoms with van der Waals surface area (Å²) in [5, 5.41) is 6.61. The van der Waals surface area contributed by atoms with Gasteiger partial charge in [0.1, 0.15) is 5.82 Å². The lowest BCUT2D eigenvalue weighted by Crippen LogP contribution is -3.15. The minimum absolute atomic E-state index is 0.108. The summed E-state index contributed by atoms with van der Waals surface area (Å²) in [6.45, 7) is 8.33. The van der Waals surface area contributed by atoms with Gasteiger partial charge >= 0.3 is 0 Å². The van der Waals surface area contributed by atoms with Crippen LogP contribution >= 0.6 is 12.2 Å². The van der Waals surface area contributed by atoms with Crippen LogP contribution in [0.15, 0.2) is 18.2 Å². The second kappa shape index (κ2) is 8.94. The number of aryl methyl sites for hydroxylation is 1. The van der Waals surface area contributed by atoms with Gasteiger partial charge in [0.05, 0.1) is 26.2 Å². The van der Waals surface area contributed by atoms with Crippen LogP contribution in [0.1, 0.15) is 18.9 Å². The molecule has 132 valence electrons. The summed E-state index contributed by atoms with van der Waals surface area (Å²) in [7, 11) is 0. The number of quaternary nitrogens is 1. The minimum Gasteiger partial charge on any atom is -0.351 e. The number of anilines is 1. The molecule has 2 rings (SSSR count). The number of amides is 1. The summed E-state index contributed by atoms with van der Waals surface area (Å²) in [4.78, 5) is 15.1. The predicted octanol–water partition coefficient (Wildman–Crippen LogP) is 0.558. The number of benzene rings is 1. The van der Waals surface area contributed by atoms with Gasteiger partial charge < -0.3 is 20.4 Å². The van der Waals surface area contributed by atoms with Crippen molar-refractivity contribution in [1.82, 2.24) is 10.2 Å². The van der Waals surface area contributed by atoms with E-state index in [-0.39, 0.29) is 11.7 Å². The molecule has 0 radical (unpaired) electrons. The fraction of sp³-hybridized carbons (Fsp3) is 0.529. The molecule has 1 aliphatic heterocycles. The Morgan fingerprint density at radius 2 is 2.08 bits per heavy atom. The molecule has 1 heterocycles. The molecule has 3 N–H and O–H groups in total. The van der Waals surface area contributed by atoms with Gasteiger partial charge in [-0.2, -0.15) is 0 Å². The summed E-state index contributed by atoms with van der Waals surface area (Å²) < 4.78 is 13.6. The molecule has 0 saturated carbocycles. The van der Waals surface area contributed by atoms with Gasteiger partial charge in [-0.3, -0.25) is 4.79 Å². The van der Waals surface area contributed by atoms with Gasteiger partial charge in [-0.1, -0.05) is 13.0 Å². The van der Waals surface area contributed by atoms with E-state index in [4.69, 9.17) is 12.2 Å². The molecular formula is C17H26FN4OS+. The number of carbonyl (C=O) groups is 1. The van der Waals surface area contributed by atoms with Crippen molar-refractivity contribution in [1.29, 1.82) is 0 Å². The monoisotopic (exact) mass is 353 g/mol. The van der Waals surface area contributed by atoms with Crippen molar-refractivity contribution >= 4 is 28.9 Å². The van der Waals surface area contributed by atoms with Crippen molar-refractivity contribution in [2.45, 2.75) is 20.3 Å². The molecule has 1 aromatic carbocycles. The molecule has 24 heavy (non-hydrogen) atoms. The molecule has 5 nitrogen and oxygen atoms in total. The van der Waals surface area contributed by atoms with Gasteiger partial charge in [-0.15, -0.1) is 0 Å². The van der Waals surface area contributed by atoms with E-state index in [2.05, 4.69) is 15.5 Å². The Bertz CT molecular complexity index is 588. The maximum Gasteiger partial charge on any atom is 0.275 e. The number of carbonyl (C=O) groups excluding carboxylic acids is 1. The molecule has 0 bridgehead atoms. The van der Waals surface area contributed by atoms with Crippen LogP contribution < -0.4 is 15.5 Å². The van der Waals surface area contributed by atoms with Crippen molar-refractivity contribution < 1.29 is 14.1 Å². The van der Waals surface area contributed by atoms with Crippen LogP contribution in [-0.2, 0) is 4.79 Å². The fourth-order valence-corrected chi connectivity index (χ4v) is 2.93. The van der Waals surface area contributed by atoms with Crippen LogP contribution in [-0.4, -0.2) is 55.2 Å². The Kier molecular flexibility index (Phi) is 6.93. The fourth-order valence-electron chi connectivity index (χ4n) is 2.63. The number of thiocarbonyl (C=S) groups is 1. The second-order valence-corrected chi connectivity index (χ2v) is 6.54. The first kappa shape index (κ1) is 18.6. The molecule has 0 unspecified atom stereocenters. The van der Waals surface area contributed by atoms with Gasteiger partial charge in [0.15, 0.2) is 11.7 Å². The molecule has 0 atom stereocenters. The average Bonchev–Trinajstić information content (AvgIpc) is 2.57. The third-order valence-corrected chi connectivity index (χ3v) is 4.52. The van der Waals surface area contributed by atoms with Crippen LogP contribution in [0.3, 0.4) is 0 Å². The third-order valence-electron chi connectivity index (χ3n) is 4.16. The van der Waals surface area contributed by atoms with E-state index in [1.165, 1.54) is 11.0 Å². The van der Waals surface area contributed by atoms with Crippen LogP contribution in [0.25, 0.3) is 0 Å². The Balaban J connectivity index is 1.78. The molecule has 7 heteroatoms. The van der Waals surface area contributed by atoms with Gasteiger partial charge in [-0.05, 0) is 43.3 Å². The standard InChI is InChI=1S/C17H25FN4OS/c1-3-6-19-16(23)12-21-7-9-22(10-8-21)17(24)20-14-5-4-13(2)15(18)11-14/h4-5,11H,3,6-10,12H2,1-2H3,(H,19,23)(H,20,24)/p+1. The van der Waals surface area contributed by atoms with E-state index in [9.17, 15) is 9.18 Å². The zero-order valence-corrected chi connectivity index (χ0v) is 15.1. The Morgan fingerprint density at radius 3 is 2.71 bits per heavy atom. The first-order valence-corrected chi connectivity index (χ1v) is 8.82. The molecule has 1 fully saturated rings. The van der Waals surface area contributed by atoms with Crippen molar-refractivity contribution in [3.05, 3.63) is 29.6 Å². The van der Waals surface area contributed by atoms with Crippen LogP contribution in [0.2, 0.25) is 0 Å². The first-order chi connectivity index (χ1) is 11.5. The highest BCUT2D eigenvalue weighted by atomic mass is 32.1. The SMILES string of the molecule is CCCNC(=O)C[NH+]1CCN(C(=S)Nc2ccc(C)c(F)c2)CC1. The molecule has 1 aliphatic rings. The lowest BCUT2D eigenvalue weighted by Gasteiger charge is -2.33. The zero-order valence-electron chi connectivity index (χ0n) is 14.3. The van der Waals surface area contributed by atoms with E-state index in [1.807, 2.05) is 13.0 Å². The van der Waals surface area contributed by atoms with Gasteiger partial charge in [0.2, 0.25) is 0 Å². The smallest absolute Gasteiger partial charge is 0.275 e. The van der Waals surface area contributed by atoms with Gasteiger partial charge in [0.25, 0.3) is 5.91 Å². The topological polar surface area (TPSA) is 48.8 Å². The summed E-state index contributed by atoms with van der Waals surface area (Å²) >= 11 is 5.42. The second-order valence-electron chi connectivity index (χ2n) is 6.16. The quantitative estimate of drug-likeness (QED) is 0.677. The summed E-state index contributed by atoms with van der Waals surface area (Å²) in [5.41, 5.74) is 1.28. The lowest BCUT2D eigenvalue weighted by atomic mass is 10.2. The van der Waals surface area contributed by atoms with E-state index in [1.54, 1.807) is 13.0 Å². The summed E-state index contributed by atoms with van der Waals surface area (Å²) in [6, 6.07) is 5.02. The molecule has 1 saturated heterocycles. The van der Waals surface area contributed by atoms with Gasteiger partial charge in [-0.25, -0.2) is 4.39 Å². The van der Waals surface area contributed by atoms with E-state index in [0.29, 0.717) is 22.9 Å². The number of hydrogen-bond acceptors (Lipinski definition) is 2. The molecule has 0 aliphatic carbocycles. The molecule has 0 spiro atoms. The Labute approximate surface area is 148 Å². The molecule has 0 aromatic heterocycles. The minimum atomic E-state index is -0.241. The number of halogens is 1. The highest BCUT2D eigenvalue weighted by molar-refractivity contribution is 7.80. The van der Waals surface area contributed by atoms with Crippen LogP contribution in [0, 0.1) is 12.7 Å². The number of piperazine rings is 1. The number of rotatable bonds is 5. The van der Waals surface area contributed by atoms with E-state index >= 15 is 0 Å². The maximum atomic E-state index is 13.6. The molecule has 1 aromatic rings. The van der Waals surface area contributed by atoms with Crippen molar-refractivity contribution in [3.63, 3.8) is 0 Å². The van der Waals surface area contributed by atoms with Crippen LogP contribution in [0.4, 0.5) is 10.1 Å². The highest BCUT2D eigenvalue weighted by Crippen LogP contribution is 2.14. The van der Waals surface area contributed by atoms with Crippen molar-refractivity contribution in [2.75, 3.05) is 44.6 Å². The molecular weight excluding hydrogens is 327 g/mol. The maximum absolute atomic E-state index is 13.6. The average molecular weight is 353 g/mol. The Hall–Kier alpha value is -1.73. The normalized spacial score (nSPS) is 15.2. The lowest BCUT2D eigenvalue weighted by molar-refractivity contribution is -0.895. The summed E-state index contributed by atoms with van der Waals surface area (Å²) in [5.74, 6) is -0.133. The number of nitrogens with zero attached hydrogens (tertiary/aromatic N) is 1. The van der Waals surface area contributed by atoms with E-state index < -0.39 is 0 Å².